The lowest BCUT2D eigenvalue weighted by atomic mass is 10.0. The Kier molecular flexibility index (Phi) is 8.09. The first kappa shape index (κ1) is 25.8. The van der Waals surface area contributed by atoms with E-state index in [1.54, 1.807) is 37.4 Å². The van der Waals surface area contributed by atoms with Gasteiger partial charge in [0, 0.05) is 5.56 Å². The van der Waals surface area contributed by atoms with E-state index in [1.807, 2.05) is 6.07 Å². The van der Waals surface area contributed by atoms with Gasteiger partial charge in [0.25, 0.3) is 0 Å². The Morgan fingerprint density at radius 1 is 1.18 bits per heavy atom. The summed E-state index contributed by atoms with van der Waals surface area (Å²) in [4.78, 5) is 55.5. The molecule has 1 aliphatic heterocycles. The Morgan fingerprint density at radius 3 is 2.47 bits per heavy atom. The molecular formula is C21H20Cl3N3O7. The van der Waals surface area contributed by atoms with Gasteiger partial charge in [-0.05, 0) is 41.1 Å². The molecule has 1 heterocycles. The minimum Gasteiger partial charge on any atom is -0.497 e. The molecule has 10 nitrogen and oxygen atoms in total. The van der Waals surface area contributed by atoms with Crippen LogP contribution in [-0.4, -0.2) is 64.0 Å². The number of fused-ring (bicyclic) bond motifs is 1. The molecule has 0 radical (unpaired) electrons. The van der Waals surface area contributed by atoms with Gasteiger partial charge in [0.2, 0.25) is 3.79 Å². The average molecular weight is 533 g/mol. The van der Waals surface area contributed by atoms with Crippen molar-refractivity contribution in [1.82, 2.24) is 15.5 Å². The summed E-state index contributed by atoms with van der Waals surface area (Å²) < 4.78 is 7.96. The second kappa shape index (κ2) is 10.6. The van der Waals surface area contributed by atoms with Crippen LogP contribution in [0.4, 0.5) is 9.59 Å². The third-order valence-electron chi connectivity index (χ3n) is 4.82. The summed E-state index contributed by atoms with van der Waals surface area (Å²) in [6.07, 6.45) is -1.54. The van der Waals surface area contributed by atoms with Crippen molar-refractivity contribution in [2.45, 2.75) is 23.2 Å². The van der Waals surface area contributed by atoms with Crippen LogP contribution < -0.4 is 10.2 Å². The molecule has 3 rings (SSSR count). The molecule has 0 spiro atoms. The van der Waals surface area contributed by atoms with Crippen LogP contribution in [0.5, 0.6) is 5.75 Å². The first-order valence-corrected chi connectivity index (χ1v) is 11.1. The van der Waals surface area contributed by atoms with Gasteiger partial charge in [0.1, 0.15) is 18.4 Å². The van der Waals surface area contributed by atoms with E-state index in [9.17, 15) is 19.2 Å². The Labute approximate surface area is 209 Å². The second-order valence-electron chi connectivity index (χ2n) is 7.23. The van der Waals surface area contributed by atoms with Crippen molar-refractivity contribution >= 4 is 69.5 Å². The largest absolute Gasteiger partial charge is 0.497 e. The number of urea groups is 1. The monoisotopic (exact) mass is 531 g/mol. The molecule has 3 amide bonds. The Balaban J connectivity index is 1.83. The molecule has 1 atom stereocenters. The number of hydrogen-bond acceptors (Lipinski definition) is 8. The summed E-state index contributed by atoms with van der Waals surface area (Å²) >= 11 is 16.9. The van der Waals surface area contributed by atoms with Gasteiger partial charge < -0.3 is 14.3 Å². The molecule has 182 valence electrons. The summed E-state index contributed by atoms with van der Waals surface area (Å²) in [5.74, 6) is -0.867. The van der Waals surface area contributed by atoms with E-state index < -0.39 is 40.1 Å². The number of hydrogen-bond donors (Lipinski definition) is 1. The summed E-state index contributed by atoms with van der Waals surface area (Å²) in [5.41, 5.74) is 2.50. The number of methoxy groups -OCH3 is 1. The zero-order valence-corrected chi connectivity index (χ0v) is 20.3. The number of hydrazine groups is 1. The molecule has 0 bridgehead atoms. The van der Waals surface area contributed by atoms with Crippen LogP contribution in [0, 0.1) is 0 Å². The van der Waals surface area contributed by atoms with E-state index >= 15 is 0 Å². The van der Waals surface area contributed by atoms with E-state index in [2.05, 4.69) is 5.43 Å². The normalized spacial score (nSPS) is 14.6. The second-order valence-corrected chi connectivity index (χ2v) is 9.75. The first-order chi connectivity index (χ1) is 16.0. The van der Waals surface area contributed by atoms with Crippen molar-refractivity contribution in [3.63, 3.8) is 0 Å². The van der Waals surface area contributed by atoms with Crippen LogP contribution in [0.25, 0.3) is 10.8 Å². The maximum atomic E-state index is 13.2. The molecule has 0 saturated carbocycles. The van der Waals surface area contributed by atoms with Crippen molar-refractivity contribution in [3.05, 3.63) is 42.0 Å². The fourth-order valence-electron chi connectivity index (χ4n) is 3.09. The number of rotatable bonds is 7. The van der Waals surface area contributed by atoms with Crippen molar-refractivity contribution < 1.29 is 33.5 Å². The van der Waals surface area contributed by atoms with Crippen LogP contribution >= 0.6 is 34.8 Å². The molecule has 1 N–H and O–H groups in total. The summed E-state index contributed by atoms with van der Waals surface area (Å²) in [5, 5.41) is 2.23. The van der Waals surface area contributed by atoms with Gasteiger partial charge >= 0.3 is 18.1 Å². The van der Waals surface area contributed by atoms with Gasteiger partial charge in [-0.1, -0.05) is 53.0 Å². The predicted octanol–water partition coefficient (Wildman–Crippen LogP) is 4.02. The molecular weight excluding hydrogens is 513 g/mol. The number of ether oxygens (including phenoxy) is 2. The lowest BCUT2D eigenvalue weighted by Gasteiger charge is -2.28. The number of halogens is 3. The number of hydroxylamine groups is 1. The number of Topliss-reactive ketones (excluding diaryl/α,β-unsaturated/α-hetero) is 1. The number of nitrogens with one attached hydrogen (secondary N) is 1. The molecule has 1 fully saturated rings. The highest BCUT2D eigenvalue weighted by Crippen LogP contribution is 2.30. The van der Waals surface area contributed by atoms with Crippen LogP contribution in [-0.2, 0) is 14.4 Å². The Hall–Kier alpha value is -2.79. The van der Waals surface area contributed by atoms with Crippen molar-refractivity contribution in [1.29, 1.82) is 0 Å². The zero-order valence-electron chi connectivity index (χ0n) is 18.0. The molecule has 1 saturated heterocycles. The Bertz CT molecular complexity index is 1120. The van der Waals surface area contributed by atoms with Gasteiger partial charge in [0.05, 0.1) is 20.1 Å². The fraction of sp³-hybridized carbons (Fsp3) is 0.333. The van der Waals surface area contributed by atoms with Crippen molar-refractivity contribution in [2.24, 2.45) is 0 Å². The smallest absolute Gasteiger partial charge is 0.418 e. The average Bonchev–Trinajstić information content (AvgIpc) is 3.21. The number of imide groups is 1. The number of nitrogens with zero attached hydrogens (tertiary/aromatic N) is 2. The number of carbonyl (C=O) groups is 4. The highest BCUT2D eigenvalue weighted by Gasteiger charge is 2.35. The molecule has 1 unspecified atom stereocenters. The van der Waals surface area contributed by atoms with E-state index in [0.29, 0.717) is 10.9 Å². The number of amides is 3. The summed E-state index contributed by atoms with van der Waals surface area (Å²) in [6.45, 7) is 1.39. The number of carbonyl (C=O) groups excluding carboxylic acids is 4. The number of ketones is 1. The molecule has 34 heavy (non-hydrogen) atoms. The predicted molar refractivity (Wildman–Crippen MR) is 124 cm³/mol. The maximum Gasteiger partial charge on any atom is 0.418 e. The van der Waals surface area contributed by atoms with Gasteiger partial charge in [-0.25, -0.2) is 19.9 Å². The third-order valence-corrected chi connectivity index (χ3v) is 5.22. The first-order valence-electron chi connectivity index (χ1n) is 9.92. The highest BCUT2D eigenvalue weighted by molar-refractivity contribution is 6.68. The highest BCUT2D eigenvalue weighted by atomic mass is 35.6. The van der Waals surface area contributed by atoms with E-state index in [-0.39, 0.29) is 18.7 Å². The van der Waals surface area contributed by atoms with Crippen molar-refractivity contribution in [2.75, 3.05) is 20.3 Å². The van der Waals surface area contributed by atoms with Crippen LogP contribution in [0.1, 0.15) is 23.7 Å². The summed E-state index contributed by atoms with van der Waals surface area (Å²) in [7, 11) is 1.55. The van der Waals surface area contributed by atoms with E-state index in [0.717, 1.165) is 15.7 Å². The van der Waals surface area contributed by atoms with Crippen LogP contribution in [0.2, 0.25) is 0 Å². The maximum absolute atomic E-state index is 13.2. The zero-order chi connectivity index (χ0) is 25.0. The number of alkyl halides is 3. The fourth-order valence-corrected chi connectivity index (χ4v) is 3.42. The lowest BCUT2D eigenvalue weighted by Crippen LogP contribution is -2.55. The van der Waals surface area contributed by atoms with Gasteiger partial charge in [0.15, 0.2) is 5.78 Å². The quantitative estimate of drug-likeness (QED) is 0.323. The number of cyclic esters (lactones) is 1. The van der Waals surface area contributed by atoms with E-state index in [4.69, 9.17) is 49.1 Å². The summed E-state index contributed by atoms with van der Waals surface area (Å²) in [6, 6.07) is 8.14. The molecule has 13 heteroatoms. The van der Waals surface area contributed by atoms with Gasteiger partial charge in [-0.3, -0.25) is 9.59 Å². The SMILES string of the molecule is COc1ccc2cc(C(=O)C(C)N(NC(=O)N3CCOC3=O)OC(=O)CC(Cl)(Cl)Cl)ccc2c1. The topological polar surface area (TPSA) is 114 Å². The van der Waals surface area contributed by atoms with E-state index in [1.165, 1.54) is 6.92 Å². The van der Waals surface area contributed by atoms with Crippen molar-refractivity contribution in [3.8, 4) is 5.75 Å². The lowest BCUT2D eigenvalue weighted by molar-refractivity contribution is -0.208. The van der Waals surface area contributed by atoms with Gasteiger partial charge in [-0.2, -0.15) is 0 Å². The molecule has 0 aromatic heterocycles. The Morgan fingerprint density at radius 2 is 1.85 bits per heavy atom. The van der Waals surface area contributed by atoms with Gasteiger partial charge in [-0.15, -0.1) is 0 Å². The molecule has 2 aromatic carbocycles. The minimum absolute atomic E-state index is 0.00959. The molecule has 2 aromatic rings. The minimum atomic E-state index is -1.96. The number of benzene rings is 2. The third kappa shape index (κ3) is 6.41. The van der Waals surface area contributed by atoms with Crippen LogP contribution in [0.3, 0.4) is 0 Å². The molecule has 1 aliphatic rings. The standard InChI is InChI=1S/C21H20Cl3N3O7/c1-12(18(29)15-4-3-14-10-16(32-2)6-5-13(14)9-15)27(34-17(28)11-21(22,23)24)25-19(30)26-7-8-33-20(26)31/h3-6,9-10,12H,7-8,11H2,1-2H3,(H,25,30). The van der Waals surface area contributed by atoms with Crippen LogP contribution in [0.15, 0.2) is 36.4 Å². The molecule has 0 aliphatic carbocycles.